The van der Waals surface area contributed by atoms with E-state index in [1.54, 1.807) is 12.2 Å². The Morgan fingerprint density at radius 1 is 1.41 bits per heavy atom. The monoisotopic (exact) mass is 232 g/mol. The number of hydrogen-bond acceptors (Lipinski definition) is 2. The van der Waals surface area contributed by atoms with E-state index < -0.39 is 0 Å². The summed E-state index contributed by atoms with van der Waals surface area (Å²) < 4.78 is 0. The van der Waals surface area contributed by atoms with E-state index >= 15 is 0 Å². The van der Waals surface area contributed by atoms with Gasteiger partial charge in [-0.15, -0.1) is 0 Å². The Hall–Kier alpha value is -1.61. The highest BCUT2D eigenvalue weighted by atomic mass is 16.1. The smallest absolute Gasteiger partial charge is 0.244 e. The van der Waals surface area contributed by atoms with Crippen molar-refractivity contribution in [3.63, 3.8) is 0 Å². The van der Waals surface area contributed by atoms with Crippen LogP contribution in [0, 0.1) is 6.92 Å². The van der Waals surface area contributed by atoms with Crippen molar-refractivity contribution >= 4 is 12.0 Å². The number of nitrogens with one attached hydrogen (secondary N) is 1. The molecule has 1 aromatic carbocycles. The standard InChI is InChI=1S/C14H20N2O/c1-3-13(10-15)16-14(17)9-8-12-6-4-11(2)5-7-12/h4-9,13H,3,10,15H2,1-2H3,(H,16,17)/b9-8+. The Bertz CT molecular complexity index is 378. The Balaban J connectivity index is 2.53. The molecule has 0 heterocycles. The molecule has 0 saturated carbocycles. The van der Waals surface area contributed by atoms with Gasteiger partial charge in [0.05, 0.1) is 0 Å². The van der Waals surface area contributed by atoms with Crippen molar-refractivity contribution in [2.24, 2.45) is 5.73 Å². The minimum atomic E-state index is -0.0946. The number of aryl methyl sites for hydroxylation is 1. The fourth-order valence-corrected chi connectivity index (χ4v) is 1.43. The van der Waals surface area contributed by atoms with Crippen molar-refractivity contribution < 1.29 is 4.79 Å². The molecule has 1 aromatic rings. The van der Waals surface area contributed by atoms with E-state index in [1.165, 1.54) is 5.56 Å². The van der Waals surface area contributed by atoms with E-state index in [4.69, 9.17) is 5.73 Å². The number of hydrogen-bond donors (Lipinski definition) is 2. The van der Waals surface area contributed by atoms with Gasteiger partial charge in [0.15, 0.2) is 0 Å². The summed E-state index contributed by atoms with van der Waals surface area (Å²) >= 11 is 0. The summed E-state index contributed by atoms with van der Waals surface area (Å²) in [4.78, 5) is 11.6. The van der Waals surface area contributed by atoms with Crippen molar-refractivity contribution in [3.8, 4) is 0 Å². The van der Waals surface area contributed by atoms with Crippen molar-refractivity contribution in [3.05, 3.63) is 41.5 Å². The van der Waals surface area contributed by atoms with Crippen LogP contribution < -0.4 is 11.1 Å². The molecule has 1 amide bonds. The molecule has 0 bridgehead atoms. The molecule has 3 N–H and O–H groups in total. The first kappa shape index (κ1) is 13.5. The van der Waals surface area contributed by atoms with Crippen LogP contribution in [0.2, 0.25) is 0 Å². The molecule has 0 spiro atoms. The van der Waals surface area contributed by atoms with E-state index in [2.05, 4.69) is 5.32 Å². The largest absolute Gasteiger partial charge is 0.349 e. The molecule has 92 valence electrons. The maximum absolute atomic E-state index is 11.6. The van der Waals surface area contributed by atoms with Crippen LogP contribution >= 0.6 is 0 Å². The predicted octanol–water partition coefficient (Wildman–Crippen LogP) is 1.86. The number of carbonyl (C=O) groups excluding carboxylic acids is 1. The minimum Gasteiger partial charge on any atom is -0.349 e. The third kappa shape index (κ3) is 4.83. The summed E-state index contributed by atoms with van der Waals surface area (Å²) in [7, 11) is 0. The van der Waals surface area contributed by atoms with Gasteiger partial charge in [0.1, 0.15) is 0 Å². The number of nitrogens with two attached hydrogens (primary N) is 1. The highest BCUT2D eigenvalue weighted by Gasteiger charge is 2.04. The van der Waals surface area contributed by atoms with Gasteiger partial charge in [0.25, 0.3) is 0 Å². The summed E-state index contributed by atoms with van der Waals surface area (Å²) in [5, 5.41) is 2.85. The molecule has 3 nitrogen and oxygen atoms in total. The SMILES string of the molecule is CCC(CN)NC(=O)/C=C/c1ccc(C)cc1. The first-order valence-electron chi connectivity index (χ1n) is 5.91. The molecule has 1 unspecified atom stereocenters. The second kappa shape index (κ2) is 6.86. The maximum Gasteiger partial charge on any atom is 0.244 e. The Morgan fingerprint density at radius 3 is 2.59 bits per heavy atom. The van der Waals surface area contributed by atoms with Crippen LogP contribution in [0.25, 0.3) is 6.08 Å². The van der Waals surface area contributed by atoms with Gasteiger partial charge in [0.2, 0.25) is 5.91 Å². The van der Waals surface area contributed by atoms with E-state index in [0.29, 0.717) is 6.54 Å². The molecule has 17 heavy (non-hydrogen) atoms. The quantitative estimate of drug-likeness (QED) is 0.761. The van der Waals surface area contributed by atoms with E-state index in [9.17, 15) is 4.79 Å². The third-order valence-corrected chi connectivity index (χ3v) is 2.63. The van der Waals surface area contributed by atoms with Crippen molar-refractivity contribution in [1.82, 2.24) is 5.32 Å². The van der Waals surface area contributed by atoms with Gasteiger partial charge in [-0.3, -0.25) is 4.79 Å². The molecule has 3 heteroatoms. The van der Waals surface area contributed by atoms with Crippen molar-refractivity contribution in [1.29, 1.82) is 0 Å². The molecule has 1 atom stereocenters. The summed E-state index contributed by atoms with van der Waals surface area (Å²) in [5.41, 5.74) is 7.75. The lowest BCUT2D eigenvalue weighted by atomic mass is 10.1. The summed E-state index contributed by atoms with van der Waals surface area (Å²) in [6.45, 7) is 4.51. The van der Waals surface area contributed by atoms with Gasteiger partial charge in [-0.05, 0) is 25.0 Å². The zero-order valence-electron chi connectivity index (χ0n) is 10.4. The Labute approximate surface area is 103 Å². The molecular weight excluding hydrogens is 212 g/mol. The number of benzene rings is 1. The second-order valence-electron chi connectivity index (χ2n) is 4.09. The highest BCUT2D eigenvalue weighted by Crippen LogP contribution is 2.04. The molecule has 0 fully saturated rings. The van der Waals surface area contributed by atoms with E-state index in [-0.39, 0.29) is 11.9 Å². The normalized spacial score (nSPS) is 12.6. The predicted molar refractivity (Wildman–Crippen MR) is 71.5 cm³/mol. The van der Waals surface area contributed by atoms with Crippen molar-refractivity contribution in [2.45, 2.75) is 26.3 Å². The average molecular weight is 232 g/mol. The maximum atomic E-state index is 11.6. The van der Waals surface area contributed by atoms with Crippen LogP contribution in [0.5, 0.6) is 0 Å². The van der Waals surface area contributed by atoms with Gasteiger partial charge >= 0.3 is 0 Å². The molecule has 0 aliphatic carbocycles. The number of carbonyl (C=O) groups is 1. The summed E-state index contributed by atoms with van der Waals surface area (Å²) in [5.74, 6) is -0.0946. The lowest BCUT2D eigenvalue weighted by molar-refractivity contribution is -0.117. The van der Waals surface area contributed by atoms with Gasteiger partial charge in [-0.25, -0.2) is 0 Å². The van der Waals surface area contributed by atoms with Crippen LogP contribution in [0.3, 0.4) is 0 Å². The minimum absolute atomic E-state index is 0.0603. The zero-order valence-corrected chi connectivity index (χ0v) is 10.4. The van der Waals surface area contributed by atoms with Crippen LogP contribution in [0.1, 0.15) is 24.5 Å². The number of rotatable bonds is 5. The second-order valence-corrected chi connectivity index (χ2v) is 4.09. The molecular formula is C14H20N2O. The Kier molecular flexibility index (Phi) is 5.43. The van der Waals surface area contributed by atoms with Gasteiger partial charge in [-0.1, -0.05) is 36.8 Å². The fourth-order valence-electron chi connectivity index (χ4n) is 1.43. The highest BCUT2D eigenvalue weighted by molar-refractivity contribution is 5.91. The molecule has 0 aliphatic heterocycles. The third-order valence-electron chi connectivity index (χ3n) is 2.63. The lowest BCUT2D eigenvalue weighted by Gasteiger charge is -2.12. The number of amides is 1. The molecule has 1 rings (SSSR count). The van der Waals surface area contributed by atoms with Gasteiger partial charge < -0.3 is 11.1 Å². The zero-order chi connectivity index (χ0) is 12.7. The fraction of sp³-hybridized carbons (Fsp3) is 0.357. The van der Waals surface area contributed by atoms with Gasteiger partial charge in [0, 0.05) is 18.7 Å². The molecule has 0 radical (unpaired) electrons. The molecule has 0 aromatic heterocycles. The Morgan fingerprint density at radius 2 is 2.06 bits per heavy atom. The first-order chi connectivity index (χ1) is 8.15. The average Bonchev–Trinajstić information content (AvgIpc) is 2.35. The van der Waals surface area contributed by atoms with Crippen molar-refractivity contribution in [2.75, 3.05) is 6.54 Å². The van der Waals surface area contributed by atoms with Gasteiger partial charge in [-0.2, -0.15) is 0 Å². The summed E-state index contributed by atoms with van der Waals surface area (Å²) in [6, 6.07) is 8.07. The van der Waals surface area contributed by atoms with Crippen LogP contribution in [-0.4, -0.2) is 18.5 Å². The summed E-state index contributed by atoms with van der Waals surface area (Å²) in [6.07, 6.45) is 4.20. The lowest BCUT2D eigenvalue weighted by Crippen LogP contribution is -2.38. The molecule has 0 aliphatic rings. The van der Waals surface area contributed by atoms with Crippen LogP contribution in [0.4, 0.5) is 0 Å². The topological polar surface area (TPSA) is 55.1 Å². The van der Waals surface area contributed by atoms with Crippen LogP contribution in [0.15, 0.2) is 30.3 Å². The van der Waals surface area contributed by atoms with E-state index in [0.717, 1.165) is 12.0 Å². The van der Waals surface area contributed by atoms with E-state index in [1.807, 2.05) is 38.1 Å². The first-order valence-corrected chi connectivity index (χ1v) is 5.91. The van der Waals surface area contributed by atoms with Crippen LogP contribution in [-0.2, 0) is 4.79 Å². The molecule has 0 saturated heterocycles.